The van der Waals surface area contributed by atoms with E-state index in [0.29, 0.717) is 12.1 Å². The number of hydrogen-bond donors (Lipinski definition) is 2. The lowest BCUT2D eigenvalue weighted by atomic mass is 10.2. The van der Waals surface area contributed by atoms with Crippen LogP contribution < -0.4 is 15.4 Å². The molecule has 1 unspecified atom stereocenters. The Labute approximate surface area is 111 Å². The van der Waals surface area contributed by atoms with Crippen molar-refractivity contribution in [3.05, 3.63) is 29.6 Å². The largest absolute Gasteiger partial charge is 0.478 e. The molecule has 1 aromatic carbocycles. The summed E-state index contributed by atoms with van der Waals surface area (Å²) >= 11 is 0. The van der Waals surface area contributed by atoms with Gasteiger partial charge in [0.25, 0.3) is 5.91 Å². The number of aryl methyl sites for hydroxylation is 1. The summed E-state index contributed by atoms with van der Waals surface area (Å²) in [6.07, 6.45) is -0.973. The van der Waals surface area contributed by atoms with Crippen LogP contribution in [0.5, 0.6) is 5.75 Å². The molecule has 0 aliphatic carbocycles. The fourth-order valence-electron chi connectivity index (χ4n) is 1.37. The minimum atomic E-state index is -0.973. The van der Waals surface area contributed by atoms with E-state index in [1.165, 1.54) is 13.0 Å². The lowest BCUT2D eigenvalue weighted by molar-refractivity contribution is -0.126. The van der Waals surface area contributed by atoms with Crippen LogP contribution in [0.25, 0.3) is 0 Å². The number of carbonyl (C=O) groups is 2. The van der Waals surface area contributed by atoms with Crippen molar-refractivity contribution in [1.82, 2.24) is 10.6 Å². The van der Waals surface area contributed by atoms with E-state index in [1.807, 2.05) is 0 Å². The Kier molecular flexibility index (Phi) is 5.29. The first-order chi connectivity index (χ1) is 8.95. The molecule has 0 spiro atoms. The number of urea groups is 1. The first-order valence-corrected chi connectivity index (χ1v) is 5.96. The zero-order chi connectivity index (χ0) is 14.4. The molecule has 6 heteroatoms. The number of halogens is 1. The molecular weight excluding hydrogens is 251 g/mol. The molecule has 0 aliphatic rings. The molecule has 0 radical (unpaired) electrons. The maximum Gasteiger partial charge on any atom is 0.321 e. The average Bonchev–Trinajstić information content (AvgIpc) is 2.35. The molecule has 1 aromatic rings. The van der Waals surface area contributed by atoms with Crippen LogP contribution in [0.15, 0.2) is 18.2 Å². The van der Waals surface area contributed by atoms with E-state index in [-0.39, 0.29) is 5.75 Å². The van der Waals surface area contributed by atoms with E-state index >= 15 is 0 Å². The van der Waals surface area contributed by atoms with Gasteiger partial charge in [-0.2, -0.15) is 0 Å². The van der Waals surface area contributed by atoms with Gasteiger partial charge in [0.1, 0.15) is 0 Å². The molecule has 104 valence electrons. The Morgan fingerprint density at radius 3 is 2.74 bits per heavy atom. The van der Waals surface area contributed by atoms with Gasteiger partial charge in [-0.15, -0.1) is 0 Å². The Morgan fingerprint density at radius 2 is 2.11 bits per heavy atom. The molecule has 1 atom stereocenters. The highest BCUT2D eigenvalue weighted by Gasteiger charge is 2.19. The van der Waals surface area contributed by atoms with Gasteiger partial charge in [0, 0.05) is 6.54 Å². The molecule has 2 N–H and O–H groups in total. The van der Waals surface area contributed by atoms with Crippen LogP contribution in [0.4, 0.5) is 9.18 Å². The predicted molar refractivity (Wildman–Crippen MR) is 68.4 cm³/mol. The first kappa shape index (κ1) is 14.9. The second-order valence-electron chi connectivity index (χ2n) is 4.00. The van der Waals surface area contributed by atoms with Crippen molar-refractivity contribution >= 4 is 11.9 Å². The molecule has 0 aromatic heterocycles. The van der Waals surface area contributed by atoms with Gasteiger partial charge in [0.05, 0.1) is 0 Å². The minimum absolute atomic E-state index is 0.0152. The van der Waals surface area contributed by atoms with Gasteiger partial charge in [0.2, 0.25) is 0 Å². The van der Waals surface area contributed by atoms with E-state index in [1.54, 1.807) is 26.0 Å². The fourth-order valence-corrected chi connectivity index (χ4v) is 1.37. The van der Waals surface area contributed by atoms with Gasteiger partial charge >= 0.3 is 6.03 Å². The molecule has 1 rings (SSSR count). The molecular formula is C13H17FN2O3. The van der Waals surface area contributed by atoms with Gasteiger partial charge in [-0.05, 0) is 32.4 Å². The highest BCUT2D eigenvalue weighted by atomic mass is 19.1. The first-order valence-electron chi connectivity index (χ1n) is 5.96. The zero-order valence-corrected chi connectivity index (χ0v) is 11.1. The average molecular weight is 268 g/mol. The van der Waals surface area contributed by atoms with Crippen LogP contribution >= 0.6 is 0 Å². The Balaban J connectivity index is 2.64. The molecule has 0 saturated heterocycles. The fraction of sp³-hybridized carbons (Fsp3) is 0.385. The van der Waals surface area contributed by atoms with Crippen molar-refractivity contribution in [1.29, 1.82) is 0 Å². The topological polar surface area (TPSA) is 67.4 Å². The van der Waals surface area contributed by atoms with Gasteiger partial charge in [-0.25, -0.2) is 9.18 Å². The van der Waals surface area contributed by atoms with Gasteiger partial charge < -0.3 is 10.1 Å². The number of nitrogens with one attached hydrogen (secondary N) is 2. The minimum Gasteiger partial charge on any atom is -0.478 e. The summed E-state index contributed by atoms with van der Waals surface area (Å²) < 4.78 is 18.9. The zero-order valence-electron chi connectivity index (χ0n) is 11.1. The monoisotopic (exact) mass is 268 g/mol. The van der Waals surface area contributed by atoms with Gasteiger partial charge in [-0.1, -0.05) is 12.1 Å². The number of hydrogen-bond acceptors (Lipinski definition) is 3. The maximum atomic E-state index is 13.7. The summed E-state index contributed by atoms with van der Waals surface area (Å²) in [4.78, 5) is 22.8. The standard InChI is InChI=1S/C13H17FN2O3/c1-4-15-13(18)16-12(17)9(3)19-10-7-5-6-8(2)11(10)14/h5-7,9H,4H2,1-3H3,(H2,15,16,17,18). The number of carbonyl (C=O) groups excluding carboxylic acids is 2. The van der Waals surface area contributed by atoms with Crippen LogP contribution in [0.2, 0.25) is 0 Å². The highest BCUT2D eigenvalue weighted by Crippen LogP contribution is 2.20. The summed E-state index contributed by atoms with van der Waals surface area (Å²) in [5.41, 5.74) is 0.425. The normalized spacial score (nSPS) is 11.6. The smallest absolute Gasteiger partial charge is 0.321 e. The Hall–Kier alpha value is -2.11. The summed E-state index contributed by atoms with van der Waals surface area (Å²) in [7, 11) is 0. The third-order valence-electron chi connectivity index (χ3n) is 2.40. The van der Waals surface area contributed by atoms with Crippen LogP contribution in [-0.4, -0.2) is 24.6 Å². The van der Waals surface area contributed by atoms with Crippen molar-refractivity contribution in [2.75, 3.05) is 6.54 Å². The van der Waals surface area contributed by atoms with Crippen molar-refractivity contribution in [2.45, 2.75) is 26.9 Å². The summed E-state index contributed by atoms with van der Waals surface area (Å²) in [5.74, 6) is -1.16. The number of rotatable bonds is 4. The third kappa shape index (κ3) is 4.24. The summed E-state index contributed by atoms with van der Waals surface area (Å²) in [6.45, 7) is 5.17. The predicted octanol–water partition coefficient (Wildman–Crippen LogP) is 1.75. The van der Waals surface area contributed by atoms with Crippen LogP contribution in [0, 0.1) is 12.7 Å². The number of imide groups is 1. The molecule has 0 saturated carbocycles. The molecule has 19 heavy (non-hydrogen) atoms. The van der Waals surface area contributed by atoms with Crippen LogP contribution in [-0.2, 0) is 4.79 Å². The van der Waals surface area contributed by atoms with Gasteiger partial charge in [-0.3, -0.25) is 10.1 Å². The number of amides is 3. The Bertz CT molecular complexity index is 477. The SMILES string of the molecule is CCNC(=O)NC(=O)C(C)Oc1cccc(C)c1F. The van der Waals surface area contributed by atoms with E-state index < -0.39 is 23.9 Å². The van der Waals surface area contributed by atoms with E-state index in [2.05, 4.69) is 10.6 Å². The molecule has 0 bridgehead atoms. The number of benzene rings is 1. The highest BCUT2D eigenvalue weighted by molar-refractivity contribution is 5.96. The van der Waals surface area contributed by atoms with E-state index in [0.717, 1.165) is 0 Å². The van der Waals surface area contributed by atoms with Crippen molar-refractivity contribution < 1.29 is 18.7 Å². The summed E-state index contributed by atoms with van der Waals surface area (Å²) in [6, 6.07) is 4.05. The lowest BCUT2D eigenvalue weighted by Gasteiger charge is -2.15. The van der Waals surface area contributed by atoms with Crippen LogP contribution in [0.3, 0.4) is 0 Å². The van der Waals surface area contributed by atoms with Gasteiger partial charge in [0.15, 0.2) is 17.7 Å². The second-order valence-corrected chi connectivity index (χ2v) is 4.00. The number of ether oxygens (including phenoxy) is 1. The second kappa shape index (κ2) is 6.72. The third-order valence-corrected chi connectivity index (χ3v) is 2.40. The molecule has 0 fully saturated rings. The van der Waals surface area contributed by atoms with Crippen molar-refractivity contribution in [2.24, 2.45) is 0 Å². The van der Waals surface area contributed by atoms with E-state index in [4.69, 9.17) is 4.74 Å². The quantitative estimate of drug-likeness (QED) is 0.874. The van der Waals surface area contributed by atoms with Crippen LogP contribution in [0.1, 0.15) is 19.4 Å². The van der Waals surface area contributed by atoms with Crippen molar-refractivity contribution in [3.63, 3.8) is 0 Å². The van der Waals surface area contributed by atoms with E-state index in [9.17, 15) is 14.0 Å². The lowest BCUT2D eigenvalue weighted by Crippen LogP contribution is -2.45. The molecule has 0 aliphatic heterocycles. The summed E-state index contributed by atoms with van der Waals surface area (Å²) in [5, 5.41) is 4.51. The Morgan fingerprint density at radius 1 is 1.42 bits per heavy atom. The molecule has 5 nitrogen and oxygen atoms in total. The molecule has 0 heterocycles. The maximum absolute atomic E-state index is 13.7. The van der Waals surface area contributed by atoms with Crippen molar-refractivity contribution in [3.8, 4) is 5.75 Å². The molecule has 3 amide bonds.